The molecule has 3 aromatic rings. The van der Waals surface area contributed by atoms with Crippen LogP contribution in [-0.2, 0) is 14.6 Å². The molecule has 0 unspecified atom stereocenters. The van der Waals surface area contributed by atoms with Gasteiger partial charge in [0, 0.05) is 12.8 Å². The topological polar surface area (TPSA) is 127 Å². The molecular weight excluding hydrogens is 356 g/mol. The lowest BCUT2D eigenvalue weighted by molar-refractivity contribution is 0.0934. The van der Waals surface area contributed by atoms with Gasteiger partial charge in [-0.3, -0.25) is 0 Å². The lowest BCUT2D eigenvalue weighted by atomic mass is 10.1. The Morgan fingerprint density at radius 1 is 1.23 bits per heavy atom. The summed E-state index contributed by atoms with van der Waals surface area (Å²) < 4.78 is 29.1. The molecule has 0 bridgehead atoms. The lowest BCUT2D eigenvalue weighted by Crippen LogP contribution is -2.40. The quantitative estimate of drug-likeness (QED) is 0.648. The van der Waals surface area contributed by atoms with Crippen LogP contribution in [0.15, 0.2) is 35.5 Å². The Morgan fingerprint density at radius 3 is 2.73 bits per heavy atom. The summed E-state index contributed by atoms with van der Waals surface area (Å²) >= 11 is 0. The molecule has 0 aliphatic carbocycles. The highest BCUT2D eigenvalue weighted by Crippen LogP contribution is 2.30. The second-order valence-corrected chi connectivity index (χ2v) is 8.03. The summed E-state index contributed by atoms with van der Waals surface area (Å²) in [4.78, 5) is 17.6. The van der Waals surface area contributed by atoms with E-state index >= 15 is 0 Å². The zero-order chi connectivity index (χ0) is 18.3. The Morgan fingerprint density at radius 2 is 2.00 bits per heavy atom. The van der Waals surface area contributed by atoms with E-state index in [4.69, 9.17) is 10.5 Å². The second kappa shape index (κ2) is 6.22. The zero-order valence-corrected chi connectivity index (χ0v) is 14.9. The average Bonchev–Trinajstić information content (AvgIpc) is 3.06. The minimum Gasteiger partial charge on any atom is -0.382 e. The van der Waals surface area contributed by atoms with E-state index in [2.05, 4.69) is 24.8 Å². The number of nitrogens with one attached hydrogen (secondary N) is 1. The zero-order valence-electron chi connectivity index (χ0n) is 14.1. The third-order valence-electron chi connectivity index (χ3n) is 4.26. The second-order valence-electron chi connectivity index (χ2n) is 6.12. The van der Waals surface area contributed by atoms with E-state index in [-0.39, 0.29) is 22.7 Å². The van der Waals surface area contributed by atoms with Crippen molar-refractivity contribution in [2.75, 3.05) is 36.6 Å². The van der Waals surface area contributed by atoms with Crippen molar-refractivity contribution in [1.82, 2.24) is 19.9 Å². The molecular formula is C16H18N6O3S. The SMILES string of the molecule is CS(=O)(=O)c1nc(N)c2[nH]c(N3CCOC[C@H]3c3ccccc3)nc2n1. The summed E-state index contributed by atoms with van der Waals surface area (Å²) in [6, 6.07) is 9.96. The number of hydrogen-bond acceptors (Lipinski definition) is 8. The van der Waals surface area contributed by atoms with Gasteiger partial charge in [-0.1, -0.05) is 30.3 Å². The molecule has 0 saturated carbocycles. The van der Waals surface area contributed by atoms with Crippen LogP contribution in [0.3, 0.4) is 0 Å². The highest BCUT2D eigenvalue weighted by molar-refractivity contribution is 7.90. The molecule has 2 aromatic heterocycles. The highest BCUT2D eigenvalue weighted by atomic mass is 32.2. The number of aromatic amines is 1. The summed E-state index contributed by atoms with van der Waals surface area (Å²) in [5, 5.41) is -0.331. The number of nitrogens with two attached hydrogens (primary N) is 1. The van der Waals surface area contributed by atoms with Crippen molar-refractivity contribution in [2.24, 2.45) is 0 Å². The number of rotatable bonds is 3. The predicted molar refractivity (Wildman–Crippen MR) is 96.6 cm³/mol. The lowest BCUT2D eigenvalue weighted by Gasteiger charge is -2.35. The Bertz CT molecular complexity index is 1050. The van der Waals surface area contributed by atoms with Crippen molar-refractivity contribution in [1.29, 1.82) is 0 Å². The van der Waals surface area contributed by atoms with E-state index in [9.17, 15) is 8.42 Å². The van der Waals surface area contributed by atoms with Crippen LogP contribution < -0.4 is 10.6 Å². The molecule has 4 rings (SSSR count). The first-order valence-electron chi connectivity index (χ1n) is 8.06. The first-order valence-corrected chi connectivity index (χ1v) is 9.95. The predicted octanol–water partition coefficient (Wildman–Crippen LogP) is 0.916. The molecule has 136 valence electrons. The van der Waals surface area contributed by atoms with Crippen LogP contribution in [0.4, 0.5) is 11.8 Å². The van der Waals surface area contributed by atoms with Crippen molar-refractivity contribution in [3.05, 3.63) is 35.9 Å². The van der Waals surface area contributed by atoms with Crippen molar-refractivity contribution < 1.29 is 13.2 Å². The van der Waals surface area contributed by atoms with Gasteiger partial charge < -0.3 is 20.4 Å². The molecule has 1 saturated heterocycles. The van der Waals surface area contributed by atoms with Crippen molar-refractivity contribution in [3.63, 3.8) is 0 Å². The number of nitrogen functional groups attached to an aromatic ring is 1. The van der Waals surface area contributed by atoms with Crippen LogP contribution in [-0.4, -0.2) is 54.4 Å². The summed E-state index contributed by atoms with van der Waals surface area (Å²) in [5.74, 6) is 0.613. The van der Waals surface area contributed by atoms with E-state index < -0.39 is 9.84 Å². The van der Waals surface area contributed by atoms with Crippen LogP contribution in [0, 0.1) is 0 Å². The Hall–Kier alpha value is -2.72. The fourth-order valence-corrected chi connectivity index (χ4v) is 3.51. The van der Waals surface area contributed by atoms with Gasteiger partial charge in [-0.15, -0.1) is 0 Å². The van der Waals surface area contributed by atoms with Crippen LogP contribution in [0.5, 0.6) is 0 Å². The average molecular weight is 374 g/mol. The molecule has 1 aliphatic heterocycles. The van der Waals surface area contributed by atoms with E-state index in [1.807, 2.05) is 30.3 Å². The summed E-state index contributed by atoms with van der Waals surface area (Å²) in [7, 11) is -3.58. The van der Waals surface area contributed by atoms with Crippen LogP contribution in [0.2, 0.25) is 0 Å². The molecule has 0 radical (unpaired) electrons. The first kappa shape index (κ1) is 16.7. The minimum atomic E-state index is -3.58. The number of anilines is 2. The van der Waals surface area contributed by atoms with Crippen molar-refractivity contribution in [3.8, 4) is 0 Å². The number of hydrogen-bond donors (Lipinski definition) is 2. The molecule has 1 fully saturated rings. The number of aromatic nitrogens is 4. The number of benzene rings is 1. The van der Waals surface area contributed by atoms with Gasteiger partial charge in [0.05, 0.1) is 19.3 Å². The smallest absolute Gasteiger partial charge is 0.250 e. The number of imidazole rings is 1. The maximum atomic E-state index is 11.7. The fourth-order valence-electron chi connectivity index (χ4n) is 3.00. The van der Waals surface area contributed by atoms with E-state index in [1.54, 1.807) is 0 Å². The Balaban J connectivity index is 1.79. The number of nitrogens with zero attached hydrogens (tertiary/aromatic N) is 4. The third kappa shape index (κ3) is 2.97. The number of ether oxygens (including phenoxy) is 1. The van der Waals surface area contributed by atoms with Gasteiger partial charge in [0.1, 0.15) is 5.52 Å². The van der Waals surface area contributed by atoms with Gasteiger partial charge in [0.15, 0.2) is 11.5 Å². The molecule has 9 nitrogen and oxygen atoms in total. The Labute approximate surface area is 150 Å². The highest BCUT2D eigenvalue weighted by Gasteiger charge is 2.28. The van der Waals surface area contributed by atoms with Crippen molar-refractivity contribution in [2.45, 2.75) is 11.2 Å². The molecule has 1 aliphatic rings. The van der Waals surface area contributed by atoms with Gasteiger partial charge in [-0.05, 0) is 5.56 Å². The van der Waals surface area contributed by atoms with E-state index in [0.717, 1.165) is 11.8 Å². The standard InChI is InChI=1S/C16H18N6O3S/c1-26(23,24)16-19-13(17)12-14(21-16)20-15(18-12)22-7-8-25-9-11(22)10-5-3-2-4-6-10/h2-6,11H,7-9H2,1H3,(H3,17,18,19,20,21)/t11-/m0/s1. The maximum Gasteiger partial charge on any atom is 0.250 e. The molecule has 1 atom stereocenters. The van der Waals surface area contributed by atoms with Gasteiger partial charge in [-0.2, -0.15) is 15.0 Å². The van der Waals surface area contributed by atoms with Gasteiger partial charge in [-0.25, -0.2) is 8.42 Å². The first-order chi connectivity index (χ1) is 12.4. The molecule has 1 aromatic carbocycles. The molecule has 10 heteroatoms. The largest absolute Gasteiger partial charge is 0.382 e. The summed E-state index contributed by atoms with van der Waals surface area (Å²) in [5.41, 5.74) is 7.66. The van der Waals surface area contributed by atoms with Crippen LogP contribution in [0.1, 0.15) is 11.6 Å². The molecule has 3 heterocycles. The normalized spacial score (nSPS) is 18.3. The van der Waals surface area contributed by atoms with Gasteiger partial charge in [0.2, 0.25) is 15.8 Å². The van der Waals surface area contributed by atoms with Crippen LogP contribution >= 0.6 is 0 Å². The van der Waals surface area contributed by atoms with Crippen molar-refractivity contribution >= 4 is 32.8 Å². The van der Waals surface area contributed by atoms with Crippen LogP contribution in [0.25, 0.3) is 11.2 Å². The number of sulfone groups is 1. The Kier molecular flexibility index (Phi) is 4.00. The van der Waals surface area contributed by atoms with Gasteiger partial charge >= 0.3 is 0 Å². The molecule has 0 amide bonds. The molecule has 0 spiro atoms. The summed E-state index contributed by atoms with van der Waals surface area (Å²) in [6.45, 7) is 1.72. The summed E-state index contributed by atoms with van der Waals surface area (Å²) in [6.07, 6.45) is 1.04. The monoisotopic (exact) mass is 374 g/mol. The number of H-pyrrole nitrogens is 1. The molecule has 3 N–H and O–H groups in total. The van der Waals surface area contributed by atoms with Gasteiger partial charge in [0.25, 0.3) is 5.16 Å². The van der Waals surface area contributed by atoms with E-state index in [1.165, 1.54) is 0 Å². The minimum absolute atomic E-state index is 0.0194. The fraction of sp³-hybridized carbons (Fsp3) is 0.312. The number of morpholine rings is 1. The van der Waals surface area contributed by atoms with E-state index in [0.29, 0.717) is 31.2 Å². The molecule has 26 heavy (non-hydrogen) atoms. The maximum absolute atomic E-state index is 11.7. The number of fused-ring (bicyclic) bond motifs is 1. The third-order valence-corrected chi connectivity index (χ3v) is 5.11.